The van der Waals surface area contributed by atoms with Crippen LogP contribution in [0.4, 0.5) is 0 Å². The van der Waals surface area contributed by atoms with E-state index < -0.39 is 12.6 Å². The van der Waals surface area contributed by atoms with E-state index in [1.165, 1.54) is 0 Å². The number of rotatable bonds is 1. The van der Waals surface area contributed by atoms with Gasteiger partial charge in [-0.15, -0.1) is 0 Å². The van der Waals surface area contributed by atoms with Gasteiger partial charge in [-0.2, -0.15) is 5.10 Å². The lowest BCUT2D eigenvalue weighted by atomic mass is 10.8. The van der Waals surface area contributed by atoms with Gasteiger partial charge in [0.15, 0.2) is 0 Å². The Kier molecular flexibility index (Phi) is 4.99. The zero-order valence-corrected chi connectivity index (χ0v) is 5.19. The van der Waals surface area contributed by atoms with Crippen LogP contribution in [0.2, 0.25) is 0 Å². The van der Waals surface area contributed by atoms with E-state index in [0.29, 0.717) is 0 Å². The Balaban J connectivity index is 0.000000162. The van der Waals surface area contributed by atoms with Crippen molar-refractivity contribution >= 4 is 5.97 Å². The standard InChI is InChI=1S/C3H4N2.C2H4O3/c1-2-4-5-3-1;3-1-2(4)5/h1-3H,(H,4,5);3H,1H2,(H,4,5). The Labute approximate surface area is 57.3 Å². The molecule has 1 aromatic rings. The number of H-pyrrole nitrogens is 1. The van der Waals surface area contributed by atoms with E-state index in [9.17, 15) is 0 Å². The largest absolute Gasteiger partial charge is 0.480 e. The summed E-state index contributed by atoms with van der Waals surface area (Å²) in [5, 5.41) is 21.2. The molecule has 0 saturated carbocycles. The third-order valence-corrected chi connectivity index (χ3v) is 0.541. The molecule has 10 heavy (non-hydrogen) atoms. The number of nitrogens with one attached hydrogen (secondary N) is 1. The van der Waals surface area contributed by atoms with E-state index in [1.54, 1.807) is 12.4 Å². The summed E-state index contributed by atoms with van der Waals surface area (Å²) >= 11 is 0. The molecule has 0 amide bonds. The molecule has 5 heteroatoms. The molecule has 0 unspecified atom stereocenters. The van der Waals surface area contributed by atoms with Gasteiger partial charge in [0.25, 0.3) is 0 Å². The highest BCUT2D eigenvalue weighted by Crippen LogP contribution is 1.64. The molecule has 56 valence electrons. The van der Waals surface area contributed by atoms with Crippen LogP contribution in [0, 0.1) is 0 Å². The van der Waals surface area contributed by atoms with Crippen molar-refractivity contribution in [3.63, 3.8) is 0 Å². The van der Waals surface area contributed by atoms with Gasteiger partial charge in [-0.1, -0.05) is 0 Å². The van der Waals surface area contributed by atoms with Gasteiger partial charge in [-0.3, -0.25) is 5.10 Å². The topological polar surface area (TPSA) is 86.2 Å². The molecule has 0 aliphatic heterocycles. The highest BCUT2D eigenvalue weighted by molar-refractivity contribution is 5.67. The number of carboxylic acid groups (broad SMARTS) is 1. The highest BCUT2D eigenvalue weighted by atomic mass is 16.4. The average Bonchev–Trinajstić information content (AvgIpc) is 2.43. The first-order valence-electron chi connectivity index (χ1n) is 2.53. The Morgan fingerprint density at radius 1 is 1.70 bits per heavy atom. The summed E-state index contributed by atoms with van der Waals surface area (Å²) in [5.74, 6) is -1.19. The maximum absolute atomic E-state index is 9.12. The number of aromatic amines is 1. The first-order chi connectivity index (χ1) is 4.77. The summed E-state index contributed by atoms with van der Waals surface area (Å²) in [6, 6.07) is 1.83. The summed E-state index contributed by atoms with van der Waals surface area (Å²) in [6.45, 7) is -0.778. The number of carboxylic acids is 1. The zero-order chi connectivity index (χ0) is 7.82. The third-order valence-electron chi connectivity index (χ3n) is 0.541. The number of hydrogen-bond donors (Lipinski definition) is 3. The van der Waals surface area contributed by atoms with Crippen molar-refractivity contribution in [1.29, 1.82) is 0 Å². The summed E-state index contributed by atoms with van der Waals surface area (Å²) < 4.78 is 0. The predicted octanol–water partition coefficient (Wildman–Crippen LogP) is -0.527. The Morgan fingerprint density at radius 2 is 2.30 bits per heavy atom. The summed E-state index contributed by atoms with van der Waals surface area (Å²) in [7, 11) is 0. The number of aromatic nitrogens is 2. The van der Waals surface area contributed by atoms with E-state index in [-0.39, 0.29) is 0 Å². The summed E-state index contributed by atoms with van der Waals surface area (Å²) in [5.41, 5.74) is 0. The smallest absolute Gasteiger partial charge is 0.329 e. The van der Waals surface area contributed by atoms with Crippen molar-refractivity contribution in [2.24, 2.45) is 0 Å². The van der Waals surface area contributed by atoms with Crippen LogP contribution in [0.3, 0.4) is 0 Å². The molecule has 0 aliphatic rings. The fraction of sp³-hybridized carbons (Fsp3) is 0.200. The molecule has 3 N–H and O–H groups in total. The molecular formula is C5H8N2O3. The van der Waals surface area contributed by atoms with E-state index in [1.807, 2.05) is 6.07 Å². The van der Waals surface area contributed by atoms with E-state index in [2.05, 4.69) is 10.2 Å². The molecule has 0 spiro atoms. The maximum atomic E-state index is 9.12. The molecule has 1 rings (SSSR count). The van der Waals surface area contributed by atoms with E-state index in [4.69, 9.17) is 15.0 Å². The summed E-state index contributed by atoms with van der Waals surface area (Å²) in [6.07, 6.45) is 3.46. The number of hydrogen-bond acceptors (Lipinski definition) is 3. The Hall–Kier alpha value is -1.36. The van der Waals surface area contributed by atoms with E-state index in [0.717, 1.165) is 0 Å². The van der Waals surface area contributed by atoms with Crippen LogP contribution in [0.15, 0.2) is 18.5 Å². The lowest BCUT2D eigenvalue weighted by molar-refractivity contribution is -0.140. The van der Waals surface area contributed by atoms with Crippen LogP contribution in [0.1, 0.15) is 0 Å². The van der Waals surface area contributed by atoms with Crippen LogP contribution in [-0.4, -0.2) is 33.0 Å². The van der Waals surface area contributed by atoms with E-state index >= 15 is 0 Å². The molecule has 0 bridgehead atoms. The average molecular weight is 144 g/mol. The highest BCUT2D eigenvalue weighted by Gasteiger charge is 1.82. The second kappa shape index (κ2) is 5.77. The molecule has 0 aromatic carbocycles. The van der Waals surface area contributed by atoms with Gasteiger partial charge in [0.05, 0.1) is 0 Å². The van der Waals surface area contributed by atoms with Gasteiger partial charge in [0.1, 0.15) is 6.61 Å². The first kappa shape index (κ1) is 8.64. The van der Waals surface area contributed by atoms with Crippen LogP contribution >= 0.6 is 0 Å². The predicted molar refractivity (Wildman–Crippen MR) is 33.3 cm³/mol. The number of aliphatic hydroxyl groups is 1. The molecule has 1 aromatic heterocycles. The van der Waals surface area contributed by atoms with Gasteiger partial charge in [0.2, 0.25) is 0 Å². The number of nitrogens with zero attached hydrogens (tertiary/aromatic N) is 1. The minimum Gasteiger partial charge on any atom is -0.480 e. The maximum Gasteiger partial charge on any atom is 0.329 e. The lowest BCUT2D eigenvalue weighted by Crippen LogP contribution is -1.98. The van der Waals surface area contributed by atoms with Gasteiger partial charge in [-0.05, 0) is 6.07 Å². The second-order valence-electron chi connectivity index (χ2n) is 1.32. The molecule has 0 atom stereocenters. The van der Waals surface area contributed by atoms with Crippen molar-refractivity contribution in [2.45, 2.75) is 0 Å². The van der Waals surface area contributed by atoms with Crippen molar-refractivity contribution in [3.8, 4) is 0 Å². The molecule has 0 radical (unpaired) electrons. The third kappa shape index (κ3) is 6.64. The molecule has 0 saturated heterocycles. The van der Waals surface area contributed by atoms with Crippen molar-refractivity contribution in [2.75, 3.05) is 6.61 Å². The molecule has 1 heterocycles. The minimum atomic E-state index is -1.19. The van der Waals surface area contributed by atoms with Crippen molar-refractivity contribution in [1.82, 2.24) is 10.2 Å². The van der Waals surface area contributed by atoms with Crippen LogP contribution in [0.25, 0.3) is 0 Å². The Morgan fingerprint density at radius 3 is 2.40 bits per heavy atom. The first-order valence-corrected chi connectivity index (χ1v) is 2.53. The molecule has 0 aliphatic carbocycles. The van der Waals surface area contributed by atoms with Gasteiger partial charge in [0, 0.05) is 12.4 Å². The number of aliphatic carboxylic acids is 1. The van der Waals surface area contributed by atoms with Crippen molar-refractivity contribution in [3.05, 3.63) is 18.5 Å². The quantitative estimate of drug-likeness (QED) is 0.494. The molecule has 0 fully saturated rings. The van der Waals surface area contributed by atoms with Gasteiger partial charge in [-0.25, -0.2) is 4.79 Å². The zero-order valence-electron chi connectivity index (χ0n) is 5.19. The van der Waals surface area contributed by atoms with Crippen LogP contribution < -0.4 is 0 Å². The van der Waals surface area contributed by atoms with Crippen LogP contribution in [0.5, 0.6) is 0 Å². The molecule has 5 nitrogen and oxygen atoms in total. The molecular weight excluding hydrogens is 136 g/mol. The second-order valence-corrected chi connectivity index (χ2v) is 1.32. The van der Waals surface area contributed by atoms with Gasteiger partial charge >= 0.3 is 5.97 Å². The number of carbonyl (C=O) groups is 1. The van der Waals surface area contributed by atoms with Crippen LogP contribution in [-0.2, 0) is 4.79 Å². The number of aliphatic hydroxyl groups excluding tert-OH is 1. The van der Waals surface area contributed by atoms with Crippen molar-refractivity contribution < 1.29 is 15.0 Å². The SMILES string of the molecule is O=C(O)CO.c1cn[nH]c1. The van der Waals surface area contributed by atoms with Gasteiger partial charge < -0.3 is 10.2 Å². The fourth-order valence-corrected chi connectivity index (χ4v) is 0.215. The lowest BCUT2D eigenvalue weighted by Gasteiger charge is -1.72. The Bertz CT molecular complexity index is 144. The fourth-order valence-electron chi connectivity index (χ4n) is 0.215. The normalized spacial score (nSPS) is 7.70. The summed E-state index contributed by atoms with van der Waals surface area (Å²) in [4.78, 5) is 9.12. The monoisotopic (exact) mass is 144 g/mol. The minimum absolute atomic E-state index is 0.778.